The van der Waals surface area contributed by atoms with Gasteiger partial charge in [0.1, 0.15) is 5.41 Å². The molecule has 1 atom stereocenters. The van der Waals surface area contributed by atoms with Gasteiger partial charge in [-0.15, -0.1) is 0 Å². The summed E-state index contributed by atoms with van der Waals surface area (Å²) in [5, 5.41) is 14.5. The van der Waals surface area contributed by atoms with E-state index in [9.17, 15) is 4.79 Å². The number of nitrogens with zero attached hydrogens (tertiary/aromatic N) is 1. The molecule has 1 aliphatic carbocycles. The highest BCUT2D eigenvalue weighted by molar-refractivity contribution is 6.06. The minimum atomic E-state index is -0.908. The average Bonchev–Trinajstić information content (AvgIpc) is 2.29. The third-order valence-electron chi connectivity index (χ3n) is 3.94. The molecule has 4 N–H and O–H groups in total. The SMILES string of the molecule is CCC(C)(C(=O)NCCC1CCC1)C(N)=NO. The molecule has 0 spiro atoms. The van der Waals surface area contributed by atoms with Crippen molar-refractivity contribution in [3.63, 3.8) is 0 Å². The Kier molecular flexibility index (Phi) is 4.78. The van der Waals surface area contributed by atoms with E-state index >= 15 is 0 Å². The largest absolute Gasteiger partial charge is 0.409 e. The summed E-state index contributed by atoms with van der Waals surface area (Å²) in [6, 6.07) is 0. The molecule has 1 saturated carbocycles. The van der Waals surface area contributed by atoms with E-state index in [1.807, 2.05) is 6.92 Å². The molecule has 5 nitrogen and oxygen atoms in total. The van der Waals surface area contributed by atoms with Crippen LogP contribution in [0.3, 0.4) is 0 Å². The van der Waals surface area contributed by atoms with Crippen LogP contribution in [0, 0.1) is 11.3 Å². The zero-order valence-electron chi connectivity index (χ0n) is 10.7. The van der Waals surface area contributed by atoms with E-state index in [1.54, 1.807) is 6.92 Å². The number of carbonyl (C=O) groups is 1. The molecule has 0 heterocycles. The average molecular weight is 241 g/mol. The first-order valence-electron chi connectivity index (χ1n) is 6.31. The van der Waals surface area contributed by atoms with Gasteiger partial charge in [-0.1, -0.05) is 31.3 Å². The van der Waals surface area contributed by atoms with Gasteiger partial charge in [0.25, 0.3) is 0 Å². The van der Waals surface area contributed by atoms with Crippen LogP contribution in [0.5, 0.6) is 0 Å². The van der Waals surface area contributed by atoms with E-state index in [4.69, 9.17) is 10.9 Å². The van der Waals surface area contributed by atoms with Crippen LogP contribution >= 0.6 is 0 Å². The van der Waals surface area contributed by atoms with Gasteiger partial charge in [-0.05, 0) is 25.7 Å². The Morgan fingerprint density at radius 2 is 2.24 bits per heavy atom. The van der Waals surface area contributed by atoms with Crippen molar-refractivity contribution in [1.82, 2.24) is 5.32 Å². The molecule has 1 unspecified atom stereocenters. The summed E-state index contributed by atoms with van der Waals surface area (Å²) in [4.78, 5) is 12.0. The topological polar surface area (TPSA) is 87.7 Å². The van der Waals surface area contributed by atoms with Crippen molar-refractivity contribution in [1.29, 1.82) is 0 Å². The van der Waals surface area contributed by atoms with Crippen molar-refractivity contribution in [2.45, 2.75) is 46.0 Å². The van der Waals surface area contributed by atoms with Crippen LogP contribution in [0.15, 0.2) is 5.16 Å². The minimum Gasteiger partial charge on any atom is -0.409 e. The van der Waals surface area contributed by atoms with Crippen LogP contribution in [0.25, 0.3) is 0 Å². The Morgan fingerprint density at radius 3 is 2.65 bits per heavy atom. The summed E-state index contributed by atoms with van der Waals surface area (Å²) < 4.78 is 0. The Bertz CT molecular complexity index is 300. The van der Waals surface area contributed by atoms with Crippen molar-refractivity contribution in [3.05, 3.63) is 0 Å². The fourth-order valence-electron chi connectivity index (χ4n) is 1.93. The van der Waals surface area contributed by atoms with E-state index in [0.29, 0.717) is 13.0 Å². The molecule has 0 aromatic carbocycles. The molecular formula is C12H23N3O2. The highest BCUT2D eigenvalue weighted by atomic mass is 16.4. The van der Waals surface area contributed by atoms with Crippen molar-refractivity contribution in [3.8, 4) is 0 Å². The number of amidine groups is 1. The van der Waals surface area contributed by atoms with E-state index in [2.05, 4.69) is 10.5 Å². The molecule has 1 aliphatic rings. The van der Waals surface area contributed by atoms with E-state index < -0.39 is 5.41 Å². The Morgan fingerprint density at radius 1 is 1.59 bits per heavy atom. The second-order valence-corrected chi connectivity index (χ2v) is 5.01. The van der Waals surface area contributed by atoms with Gasteiger partial charge in [0, 0.05) is 6.54 Å². The molecule has 0 radical (unpaired) electrons. The lowest BCUT2D eigenvalue weighted by Crippen LogP contribution is -2.48. The van der Waals surface area contributed by atoms with Gasteiger partial charge >= 0.3 is 0 Å². The standard InChI is InChI=1S/C12H23N3O2/c1-3-12(2,10(13)15-17)11(16)14-8-7-9-5-4-6-9/h9,17H,3-8H2,1-2H3,(H2,13,15)(H,14,16). The van der Waals surface area contributed by atoms with Crippen LogP contribution in [-0.4, -0.2) is 23.5 Å². The quantitative estimate of drug-likeness (QED) is 0.285. The zero-order valence-corrected chi connectivity index (χ0v) is 10.7. The van der Waals surface area contributed by atoms with Gasteiger partial charge in [0.05, 0.1) is 0 Å². The lowest BCUT2D eigenvalue weighted by Gasteiger charge is -2.28. The molecule has 0 saturated heterocycles. The second-order valence-electron chi connectivity index (χ2n) is 5.01. The first-order chi connectivity index (χ1) is 8.04. The van der Waals surface area contributed by atoms with Gasteiger partial charge in [-0.3, -0.25) is 4.79 Å². The van der Waals surface area contributed by atoms with E-state index in [1.165, 1.54) is 19.3 Å². The predicted molar refractivity (Wildman–Crippen MR) is 66.8 cm³/mol. The molecule has 5 heteroatoms. The number of carbonyl (C=O) groups excluding carboxylic acids is 1. The maximum Gasteiger partial charge on any atom is 0.233 e. The molecule has 0 aromatic rings. The molecular weight excluding hydrogens is 218 g/mol. The number of hydrogen-bond donors (Lipinski definition) is 3. The van der Waals surface area contributed by atoms with Crippen molar-refractivity contribution in [2.24, 2.45) is 22.2 Å². The molecule has 98 valence electrons. The number of oxime groups is 1. The molecule has 17 heavy (non-hydrogen) atoms. The number of rotatable bonds is 6. The van der Waals surface area contributed by atoms with Crippen LogP contribution in [-0.2, 0) is 4.79 Å². The highest BCUT2D eigenvalue weighted by Crippen LogP contribution is 2.29. The lowest BCUT2D eigenvalue weighted by atomic mass is 9.82. The molecule has 0 aromatic heterocycles. The number of nitrogens with one attached hydrogen (secondary N) is 1. The van der Waals surface area contributed by atoms with Crippen molar-refractivity contribution in [2.75, 3.05) is 6.54 Å². The van der Waals surface area contributed by atoms with E-state index in [-0.39, 0.29) is 11.7 Å². The Hall–Kier alpha value is -1.26. The van der Waals surface area contributed by atoms with Crippen LogP contribution in [0.4, 0.5) is 0 Å². The zero-order chi connectivity index (χ0) is 12.9. The van der Waals surface area contributed by atoms with Crippen LogP contribution < -0.4 is 11.1 Å². The summed E-state index contributed by atoms with van der Waals surface area (Å²) in [7, 11) is 0. The van der Waals surface area contributed by atoms with Gasteiger partial charge in [-0.25, -0.2) is 0 Å². The maximum absolute atomic E-state index is 12.0. The Labute approximate surface area is 102 Å². The van der Waals surface area contributed by atoms with Crippen LogP contribution in [0.1, 0.15) is 46.0 Å². The Balaban J connectivity index is 2.42. The fraction of sp³-hybridized carbons (Fsp3) is 0.833. The van der Waals surface area contributed by atoms with Gasteiger partial charge in [0.15, 0.2) is 5.84 Å². The first kappa shape index (κ1) is 13.8. The summed E-state index contributed by atoms with van der Waals surface area (Å²) >= 11 is 0. The summed E-state index contributed by atoms with van der Waals surface area (Å²) in [5.41, 5.74) is 4.66. The number of hydrogen-bond acceptors (Lipinski definition) is 3. The third-order valence-corrected chi connectivity index (χ3v) is 3.94. The highest BCUT2D eigenvalue weighted by Gasteiger charge is 2.36. The summed E-state index contributed by atoms with van der Waals surface area (Å²) in [6.07, 6.45) is 5.41. The second kappa shape index (κ2) is 5.89. The minimum absolute atomic E-state index is 0.0267. The molecule has 1 amide bonds. The van der Waals surface area contributed by atoms with Crippen molar-refractivity contribution < 1.29 is 10.0 Å². The van der Waals surface area contributed by atoms with Crippen LogP contribution in [0.2, 0.25) is 0 Å². The predicted octanol–water partition coefficient (Wildman–Crippen LogP) is 1.46. The van der Waals surface area contributed by atoms with Gasteiger partial charge in [0.2, 0.25) is 5.91 Å². The smallest absolute Gasteiger partial charge is 0.233 e. The molecule has 1 rings (SSSR count). The van der Waals surface area contributed by atoms with Gasteiger partial charge in [-0.2, -0.15) is 0 Å². The lowest BCUT2D eigenvalue weighted by molar-refractivity contribution is -0.127. The maximum atomic E-state index is 12.0. The number of amides is 1. The number of nitrogens with two attached hydrogens (primary N) is 1. The molecule has 0 bridgehead atoms. The monoisotopic (exact) mass is 241 g/mol. The van der Waals surface area contributed by atoms with Crippen molar-refractivity contribution >= 4 is 11.7 Å². The van der Waals surface area contributed by atoms with Gasteiger partial charge < -0.3 is 16.3 Å². The molecule has 0 aliphatic heterocycles. The summed E-state index contributed by atoms with van der Waals surface area (Å²) in [6.45, 7) is 4.22. The normalized spacial score (nSPS) is 20.5. The first-order valence-corrected chi connectivity index (χ1v) is 6.31. The van der Waals surface area contributed by atoms with E-state index in [0.717, 1.165) is 12.3 Å². The summed E-state index contributed by atoms with van der Waals surface area (Å²) in [5.74, 6) is 0.586. The fourth-order valence-corrected chi connectivity index (χ4v) is 1.93. The third kappa shape index (κ3) is 3.11. The molecule has 1 fully saturated rings.